The molecule has 0 saturated heterocycles. The number of hydrogen-bond acceptors (Lipinski definition) is 4. The largest absolute Gasteiger partial charge is 0.497 e. The molecule has 106 valence electrons. The van der Waals surface area contributed by atoms with Crippen molar-refractivity contribution in [2.24, 2.45) is 0 Å². The zero-order valence-electron chi connectivity index (χ0n) is 11.6. The van der Waals surface area contributed by atoms with Gasteiger partial charge in [-0.1, -0.05) is 0 Å². The number of aromatic carboxylic acids is 1. The molecule has 0 amide bonds. The van der Waals surface area contributed by atoms with E-state index in [-0.39, 0.29) is 5.56 Å². The Labute approximate surface area is 125 Å². The number of carboxylic acid groups (broad SMARTS) is 1. The van der Waals surface area contributed by atoms with Crippen molar-refractivity contribution in [3.8, 4) is 16.3 Å². The number of thiophene rings is 1. The number of aryl methyl sites for hydroxylation is 1. The van der Waals surface area contributed by atoms with Gasteiger partial charge in [-0.25, -0.2) is 9.78 Å². The van der Waals surface area contributed by atoms with Crippen LogP contribution in [-0.2, 0) is 0 Å². The summed E-state index contributed by atoms with van der Waals surface area (Å²) in [6.45, 7) is 2.01. The molecule has 0 unspecified atom stereocenters. The van der Waals surface area contributed by atoms with Gasteiger partial charge in [0.1, 0.15) is 5.75 Å². The molecule has 1 aromatic carbocycles. The third kappa shape index (κ3) is 2.48. The van der Waals surface area contributed by atoms with E-state index in [1.165, 1.54) is 0 Å². The highest BCUT2D eigenvalue weighted by Crippen LogP contribution is 2.31. The SMILES string of the molecule is COc1ccc2c(C(=O)O)cc(-c3ccc(C)s3)nc2c1. The van der Waals surface area contributed by atoms with E-state index in [9.17, 15) is 9.90 Å². The molecular formula is C16H13NO3S. The van der Waals surface area contributed by atoms with Crippen molar-refractivity contribution in [2.45, 2.75) is 6.92 Å². The van der Waals surface area contributed by atoms with Gasteiger partial charge in [-0.2, -0.15) is 0 Å². The number of aromatic nitrogens is 1. The summed E-state index contributed by atoms with van der Waals surface area (Å²) in [6, 6.07) is 10.8. The van der Waals surface area contributed by atoms with Crippen LogP contribution in [0.3, 0.4) is 0 Å². The van der Waals surface area contributed by atoms with Crippen molar-refractivity contribution in [3.63, 3.8) is 0 Å². The monoisotopic (exact) mass is 299 g/mol. The fraction of sp³-hybridized carbons (Fsp3) is 0.125. The van der Waals surface area contributed by atoms with Crippen molar-refractivity contribution in [2.75, 3.05) is 7.11 Å². The number of ether oxygens (including phenoxy) is 1. The first-order chi connectivity index (χ1) is 10.1. The first kappa shape index (κ1) is 13.6. The van der Waals surface area contributed by atoms with Crippen LogP contribution in [0, 0.1) is 6.92 Å². The number of benzene rings is 1. The van der Waals surface area contributed by atoms with Crippen molar-refractivity contribution in [3.05, 3.63) is 46.8 Å². The first-order valence-corrected chi connectivity index (χ1v) is 7.19. The number of rotatable bonds is 3. The number of pyridine rings is 1. The van der Waals surface area contributed by atoms with Gasteiger partial charge in [0.05, 0.1) is 28.8 Å². The molecule has 0 bridgehead atoms. The number of hydrogen-bond donors (Lipinski definition) is 1. The molecule has 3 aromatic rings. The second-order valence-corrected chi connectivity index (χ2v) is 5.94. The minimum absolute atomic E-state index is 0.253. The zero-order chi connectivity index (χ0) is 15.0. The highest BCUT2D eigenvalue weighted by Gasteiger charge is 2.14. The minimum atomic E-state index is -0.956. The lowest BCUT2D eigenvalue weighted by Gasteiger charge is -2.07. The summed E-state index contributed by atoms with van der Waals surface area (Å²) < 4.78 is 5.19. The Hall–Kier alpha value is -2.40. The molecule has 0 aliphatic carbocycles. The molecular weight excluding hydrogens is 286 g/mol. The van der Waals surface area contributed by atoms with Crippen LogP contribution in [0.25, 0.3) is 21.5 Å². The predicted molar refractivity (Wildman–Crippen MR) is 83.3 cm³/mol. The van der Waals surface area contributed by atoms with E-state index in [4.69, 9.17) is 4.74 Å². The quantitative estimate of drug-likeness (QED) is 0.794. The third-order valence-corrected chi connectivity index (χ3v) is 4.26. The van der Waals surface area contributed by atoms with Gasteiger partial charge in [0.2, 0.25) is 0 Å². The van der Waals surface area contributed by atoms with E-state index in [1.54, 1.807) is 42.7 Å². The van der Waals surface area contributed by atoms with Gasteiger partial charge in [-0.15, -0.1) is 11.3 Å². The van der Waals surface area contributed by atoms with E-state index in [0.29, 0.717) is 22.3 Å². The standard InChI is InChI=1S/C16H13NO3S/c1-9-3-6-15(21-9)14-8-12(16(18)19)11-5-4-10(20-2)7-13(11)17-14/h3-8H,1-2H3,(H,18,19). The fourth-order valence-electron chi connectivity index (χ4n) is 2.21. The van der Waals surface area contributed by atoms with Gasteiger partial charge in [-0.05, 0) is 37.3 Å². The van der Waals surface area contributed by atoms with E-state index < -0.39 is 5.97 Å². The van der Waals surface area contributed by atoms with E-state index in [2.05, 4.69) is 4.98 Å². The van der Waals surface area contributed by atoms with Crippen molar-refractivity contribution in [1.82, 2.24) is 4.98 Å². The van der Waals surface area contributed by atoms with Gasteiger partial charge < -0.3 is 9.84 Å². The highest BCUT2D eigenvalue weighted by atomic mass is 32.1. The highest BCUT2D eigenvalue weighted by molar-refractivity contribution is 7.15. The summed E-state index contributed by atoms with van der Waals surface area (Å²) in [5, 5.41) is 10.0. The van der Waals surface area contributed by atoms with Crippen LogP contribution in [0.2, 0.25) is 0 Å². The average molecular weight is 299 g/mol. The molecule has 2 heterocycles. The summed E-state index contributed by atoms with van der Waals surface area (Å²) in [5.74, 6) is -0.298. The van der Waals surface area contributed by atoms with E-state index in [0.717, 1.165) is 9.75 Å². The van der Waals surface area contributed by atoms with E-state index >= 15 is 0 Å². The molecule has 0 radical (unpaired) electrons. The summed E-state index contributed by atoms with van der Waals surface area (Å²) in [7, 11) is 1.58. The maximum Gasteiger partial charge on any atom is 0.336 e. The molecule has 0 aliphatic heterocycles. The molecule has 2 aromatic heterocycles. The Morgan fingerprint density at radius 2 is 2.05 bits per heavy atom. The molecule has 0 saturated carbocycles. The van der Waals surface area contributed by atoms with Gasteiger partial charge in [0.15, 0.2) is 0 Å². The lowest BCUT2D eigenvalue weighted by molar-refractivity contribution is 0.0699. The Morgan fingerprint density at radius 3 is 2.67 bits per heavy atom. The second-order valence-electron chi connectivity index (χ2n) is 4.65. The Kier molecular flexibility index (Phi) is 3.35. The molecule has 4 nitrogen and oxygen atoms in total. The van der Waals surface area contributed by atoms with Crippen molar-refractivity contribution < 1.29 is 14.6 Å². The minimum Gasteiger partial charge on any atom is -0.497 e. The lowest BCUT2D eigenvalue weighted by Crippen LogP contribution is -2.00. The van der Waals surface area contributed by atoms with Crippen molar-refractivity contribution >= 4 is 28.2 Å². The van der Waals surface area contributed by atoms with Crippen LogP contribution in [-0.4, -0.2) is 23.2 Å². The first-order valence-electron chi connectivity index (χ1n) is 6.37. The van der Waals surface area contributed by atoms with E-state index in [1.807, 2.05) is 19.1 Å². The molecule has 3 rings (SSSR count). The molecule has 0 spiro atoms. The normalized spacial score (nSPS) is 10.8. The molecule has 1 N–H and O–H groups in total. The summed E-state index contributed by atoms with van der Waals surface area (Å²) in [6.07, 6.45) is 0. The lowest BCUT2D eigenvalue weighted by atomic mass is 10.1. The Morgan fingerprint density at radius 1 is 1.24 bits per heavy atom. The number of carbonyl (C=O) groups is 1. The number of nitrogens with zero attached hydrogens (tertiary/aromatic N) is 1. The number of fused-ring (bicyclic) bond motifs is 1. The van der Waals surface area contributed by atoms with Crippen molar-refractivity contribution in [1.29, 1.82) is 0 Å². The van der Waals surface area contributed by atoms with Crippen LogP contribution in [0.5, 0.6) is 5.75 Å². The zero-order valence-corrected chi connectivity index (χ0v) is 12.4. The maximum atomic E-state index is 11.5. The van der Waals surface area contributed by atoms with Gasteiger partial charge >= 0.3 is 5.97 Å². The Balaban J connectivity index is 2.29. The molecule has 0 fully saturated rings. The second kappa shape index (κ2) is 5.18. The number of methoxy groups -OCH3 is 1. The van der Waals surface area contributed by atoms with Crippen LogP contribution in [0.15, 0.2) is 36.4 Å². The molecule has 21 heavy (non-hydrogen) atoms. The summed E-state index contributed by atoms with van der Waals surface area (Å²) >= 11 is 1.59. The van der Waals surface area contributed by atoms with Gasteiger partial charge in [0.25, 0.3) is 0 Å². The molecule has 0 atom stereocenters. The summed E-state index contributed by atoms with van der Waals surface area (Å²) in [4.78, 5) is 18.2. The van der Waals surface area contributed by atoms with Gasteiger partial charge in [-0.3, -0.25) is 0 Å². The molecule has 5 heteroatoms. The van der Waals surface area contributed by atoms with Crippen LogP contribution in [0.4, 0.5) is 0 Å². The third-order valence-electron chi connectivity index (χ3n) is 3.24. The fourth-order valence-corrected chi connectivity index (χ4v) is 3.04. The summed E-state index contributed by atoms with van der Waals surface area (Å²) in [5.41, 5.74) is 1.55. The smallest absolute Gasteiger partial charge is 0.336 e. The predicted octanol–water partition coefficient (Wildman–Crippen LogP) is 3.98. The topological polar surface area (TPSA) is 59.4 Å². The molecule has 0 aliphatic rings. The van der Waals surface area contributed by atoms with Crippen LogP contribution in [0.1, 0.15) is 15.2 Å². The Bertz CT molecular complexity index is 839. The van der Waals surface area contributed by atoms with Crippen LogP contribution < -0.4 is 4.74 Å². The maximum absolute atomic E-state index is 11.5. The van der Waals surface area contributed by atoms with Gasteiger partial charge in [0, 0.05) is 16.3 Å². The number of carboxylic acids is 1. The average Bonchev–Trinajstić information content (AvgIpc) is 2.91. The van der Waals surface area contributed by atoms with Crippen LogP contribution >= 0.6 is 11.3 Å².